The van der Waals surface area contributed by atoms with Gasteiger partial charge in [0, 0.05) is 18.8 Å². The quantitative estimate of drug-likeness (QED) is 0.597. The van der Waals surface area contributed by atoms with Gasteiger partial charge in [-0.1, -0.05) is 6.92 Å². The molecule has 1 unspecified atom stereocenters. The highest BCUT2D eigenvalue weighted by molar-refractivity contribution is 7.98. The van der Waals surface area contributed by atoms with E-state index in [9.17, 15) is 23.7 Å². The molecule has 0 heterocycles. The summed E-state index contributed by atoms with van der Waals surface area (Å²) in [6.07, 6.45) is 2.53. The summed E-state index contributed by atoms with van der Waals surface area (Å²) in [7, 11) is 1.50. The van der Waals surface area contributed by atoms with E-state index in [1.54, 1.807) is 0 Å². The zero-order valence-corrected chi connectivity index (χ0v) is 12.7. The van der Waals surface area contributed by atoms with E-state index >= 15 is 0 Å². The van der Waals surface area contributed by atoms with Gasteiger partial charge in [0.1, 0.15) is 5.56 Å². The van der Waals surface area contributed by atoms with Crippen molar-refractivity contribution in [3.63, 3.8) is 0 Å². The summed E-state index contributed by atoms with van der Waals surface area (Å²) in [4.78, 5) is 23.7. The van der Waals surface area contributed by atoms with Gasteiger partial charge in [-0.25, -0.2) is 8.78 Å². The second-order valence-electron chi connectivity index (χ2n) is 4.47. The third-order valence-corrected chi connectivity index (χ3v) is 3.88. The van der Waals surface area contributed by atoms with Gasteiger partial charge in [-0.2, -0.15) is 11.8 Å². The molecule has 0 radical (unpaired) electrons. The number of nitro groups is 1. The number of nitrogens with zero attached hydrogens (tertiary/aromatic N) is 2. The van der Waals surface area contributed by atoms with Gasteiger partial charge in [-0.15, -0.1) is 0 Å². The van der Waals surface area contributed by atoms with Crippen LogP contribution in [0.3, 0.4) is 0 Å². The second kappa shape index (κ2) is 7.35. The molecule has 5 nitrogen and oxygen atoms in total. The molecular formula is C13H16F2N2O3S. The summed E-state index contributed by atoms with van der Waals surface area (Å²) in [5.41, 5.74) is -1.18. The standard InChI is InChI=1S/C13H16F2N2O3S/c1-4-8(7-21-3)16(2)13(18)9-5-10(14)11(15)6-12(9)17(19)20/h5-6,8H,4,7H2,1-3H3. The number of carbonyl (C=O) groups is 1. The van der Waals surface area contributed by atoms with Crippen molar-refractivity contribution in [1.29, 1.82) is 0 Å². The molecule has 1 aromatic carbocycles. The molecular weight excluding hydrogens is 302 g/mol. The lowest BCUT2D eigenvalue weighted by Crippen LogP contribution is -2.38. The number of nitro benzene ring substituents is 1. The summed E-state index contributed by atoms with van der Waals surface area (Å²) in [6, 6.07) is 0.879. The molecule has 0 aliphatic heterocycles. The Morgan fingerprint density at radius 2 is 2.00 bits per heavy atom. The average molecular weight is 318 g/mol. The van der Waals surface area contributed by atoms with Gasteiger partial charge in [0.25, 0.3) is 11.6 Å². The molecule has 21 heavy (non-hydrogen) atoms. The predicted molar refractivity (Wildman–Crippen MR) is 77.6 cm³/mol. The van der Waals surface area contributed by atoms with Crippen molar-refractivity contribution in [1.82, 2.24) is 4.90 Å². The number of carbonyl (C=O) groups excluding carboxylic acids is 1. The van der Waals surface area contributed by atoms with Gasteiger partial charge in [0.2, 0.25) is 0 Å². The van der Waals surface area contributed by atoms with Crippen molar-refractivity contribution in [3.05, 3.63) is 39.4 Å². The Kier molecular flexibility index (Phi) is 6.07. The third-order valence-electron chi connectivity index (χ3n) is 3.16. The van der Waals surface area contributed by atoms with Crippen LogP contribution in [-0.2, 0) is 0 Å². The Balaban J connectivity index is 3.22. The van der Waals surface area contributed by atoms with Crippen molar-refractivity contribution in [2.75, 3.05) is 19.1 Å². The molecule has 0 fully saturated rings. The van der Waals surface area contributed by atoms with Crippen LogP contribution < -0.4 is 0 Å². The van der Waals surface area contributed by atoms with Crippen molar-refractivity contribution >= 4 is 23.4 Å². The maximum absolute atomic E-state index is 13.3. The largest absolute Gasteiger partial charge is 0.338 e. The normalized spacial score (nSPS) is 12.0. The van der Waals surface area contributed by atoms with Crippen LogP contribution in [0.1, 0.15) is 23.7 Å². The molecule has 1 rings (SSSR count). The maximum atomic E-state index is 13.3. The van der Waals surface area contributed by atoms with E-state index in [2.05, 4.69) is 0 Å². The Morgan fingerprint density at radius 1 is 1.43 bits per heavy atom. The Hall–Kier alpha value is -1.70. The first-order valence-corrected chi connectivity index (χ1v) is 7.62. The molecule has 1 amide bonds. The van der Waals surface area contributed by atoms with Crippen LogP contribution in [0.5, 0.6) is 0 Å². The van der Waals surface area contributed by atoms with Gasteiger partial charge in [-0.3, -0.25) is 14.9 Å². The van der Waals surface area contributed by atoms with Crippen molar-refractivity contribution < 1.29 is 18.5 Å². The molecule has 0 aromatic heterocycles. The van der Waals surface area contributed by atoms with Gasteiger partial charge < -0.3 is 4.90 Å². The predicted octanol–water partition coefficient (Wildman–Crippen LogP) is 3.09. The summed E-state index contributed by atoms with van der Waals surface area (Å²) in [5, 5.41) is 10.9. The molecule has 0 aliphatic carbocycles. The SMILES string of the molecule is CCC(CSC)N(C)C(=O)c1cc(F)c(F)cc1[N+](=O)[O-]. The van der Waals surface area contributed by atoms with E-state index in [4.69, 9.17) is 0 Å². The van der Waals surface area contributed by atoms with E-state index in [1.807, 2.05) is 13.2 Å². The van der Waals surface area contributed by atoms with Crippen molar-refractivity contribution in [2.45, 2.75) is 19.4 Å². The average Bonchev–Trinajstić information content (AvgIpc) is 2.45. The molecule has 116 valence electrons. The lowest BCUT2D eigenvalue weighted by atomic mass is 10.1. The first-order valence-electron chi connectivity index (χ1n) is 6.23. The first-order chi connectivity index (χ1) is 9.83. The van der Waals surface area contributed by atoms with Gasteiger partial charge in [0.05, 0.1) is 11.0 Å². The van der Waals surface area contributed by atoms with E-state index in [0.717, 1.165) is 0 Å². The number of amides is 1. The summed E-state index contributed by atoms with van der Waals surface area (Å²) >= 11 is 1.53. The molecule has 1 aromatic rings. The molecule has 0 saturated heterocycles. The topological polar surface area (TPSA) is 63.5 Å². The van der Waals surface area contributed by atoms with Crippen LogP contribution in [0.4, 0.5) is 14.5 Å². The molecule has 8 heteroatoms. The Labute approximate surface area is 125 Å². The maximum Gasteiger partial charge on any atom is 0.285 e. The first kappa shape index (κ1) is 17.4. The van der Waals surface area contributed by atoms with Crippen LogP contribution in [0, 0.1) is 21.7 Å². The molecule has 0 bridgehead atoms. The minimum Gasteiger partial charge on any atom is -0.338 e. The highest BCUT2D eigenvalue weighted by Gasteiger charge is 2.28. The van der Waals surface area contributed by atoms with E-state index in [1.165, 1.54) is 23.7 Å². The second-order valence-corrected chi connectivity index (χ2v) is 5.38. The number of benzene rings is 1. The van der Waals surface area contributed by atoms with Crippen molar-refractivity contribution in [2.24, 2.45) is 0 Å². The Morgan fingerprint density at radius 3 is 2.48 bits per heavy atom. The molecule has 1 atom stereocenters. The number of thioether (sulfide) groups is 1. The molecule has 0 spiro atoms. The smallest absolute Gasteiger partial charge is 0.285 e. The zero-order valence-electron chi connectivity index (χ0n) is 11.9. The number of hydrogen-bond donors (Lipinski definition) is 0. The highest BCUT2D eigenvalue weighted by Crippen LogP contribution is 2.24. The van der Waals surface area contributed by atoms with Gasteiger partial charge >= 0.3 is 0 Å². The zero-order chi connectivity index (χ0) is 16.2. The van der Waals surface area contributed by atoms with Crippen LogP contribution in [0.2, 0.25) is 0 Å². The monoisotopic (exact) mass is 318 g/mol. The lowest BCUT2D eigenvalue weighted by molar-refractivity contribution is -0.385. The van der Waals surface area contributed by atoms with Crippen LogP contribution >= 0.6 is 11.8 Å². The fraction of sp³-hybridized carbons (Fsp3) is 0.462. The van der Waals surface area contributed by atoms with Crippen molar-refractivity contribution in [3.8, 4) is 0 Å². The minimum absolute atomic E-state index is 0.139. The van der Waals surface area contributed by atoms with Crippen LogP contribution in [0.15, 0.2) is 12.1 Å². The summed E-state index contributed by atoms with van der Waals surface area (Å²) in [6.45, 7) is 1.88. The van der Waals surface area contributed by atoms with E-state index < -0.39 is 33.7 Å². The molecule has 0 N–H and O–H groups in total. The van der Waals surface area contributed by atoms with Gasteiger partial charge in [0.15, 0.2) is 11.6 Å². The summed E-state index contributed by atoms with van der Waals surface area (Å²) < 4.78 is 26.4. The number of rotatable bonds is 6. The highest BCUT2D eigenvalue weighted by atomic mass is 32.2. The van der Waals surface area contributed by atoms with E-state index in [-0.39, 0.29) is 6.04 Å². The lowest BCUT2D eigenvalue weighted by Gasteiger charge is -2.26. The van der Waals surface area contributed by atoms with Crippen LogP contribution in [0.25, 0.3) is 0 Å². The fourth-order valence-electron chi connectivity index (χ4n) is 1.91. The Bertz CT molecular complexity index is 554. The van der Waals surface area contributed by atoms with Gasteiger partial charge in [-0.05, 0) is 18.7 Å². The fourth-order valence-corrected chi connectivity index (χ4v) is 2.75. The minimum atomic E-state index is -1.35. The number of hydrogen-bond acceptors (Lipinski definition) is 4. The number of halogens is 2. The third kappa shape index (κ3) is 3.90. The molecule has 0 aliphatic rings. The van der Waals surface area contributed by atoms with Crippen LogP contribution in [-0.4, -0.2) is 40.8 Å². The molecule has 0 saturated carbocycles. The van der Waals surface area contributed by atoms with E-state index in [0.29, 0.717) is 24.3 Å². The summed E-state index contributed by atoms with van der Waals surface area (Å²) in [5.74, 6) is -2.68.